The van der Waals surface area contributed by atoms with Crippen LogP contribution in [0.25, 0.3) is 0 Å². The van der Waals surface area contributed by atoms with Gasteiger partial charge in [0, 0.05) is 17.0 Å². The summed E-state index contributed by atoms with van der Waals surface area (Å²) >= 11 is 1.62. The third-order valence-electron chi connectivity index (χ3n) is 3.40. The lowest BCUT2D eigenvalue weighted by Crippen LogP contribution is -2.32. The van der Waals surface area contributed by atoms with Gasteiger partial charge in [0.2, 0.25) is 5.91 Å². The van der Waals surface area contributed by atoms with E-state index in [0.29, 0.717) is 12.1 Å². The fourth-order valence-electron chi connectivity index (χ4n) is 1.83. The number of amides is 1. The molecule has 0 aromatic heterocycles. The standard InChI is InChI=1S/C15H22N2OS/c1-10(16-3)12-5-4-6-14(9-12)19-11(2)15(18)17-13-7-8-13/h4-6,9-11,13,16H,7-8H2,1-3H3,(H,17,18). The Labute approximate surface area is 119 Å². The molecule has 0 heterocycles. The van der Waals surface area contributed by atoms with Gasteiger partial charge in [-0.2, -0.15) is 0 Å². The number of rotatable bonds is 6. The lowest BCUT2D eigenvalue weighted by atomic mass is 10.1. The van der Waals surface area contributed by atoms with Gasteiger partial charge in [-0.05, 0) is 51.4 Å². The molecule has 1 aromatic carbocycles. The summed E-state index contributed by atoms with van der Waals surface area (Å²) in [6.45, 7) is 4.10. The Balaban J connectivity index is 1.95. The van der Waals surface area contributed by atoms with Gasteiger partial charge in [-0.25, -0.2) is 0 Å². The third kappa shape index (κ3) is 4.25. The van der Waals surface area contributed by atoms with Crippen LogP contribution in [0.5, 0.6) is 0 Å². The summed E-state index contributed by atoms with van der Waals surface area (Å²) in [4.78, 5) is 13.1. The Hall–Kier alpha value is -1.00. The van der Waals surface area contributed by atoms with Crippen LogP contribution in [-0.4, -0.2) is 24.2 Å². The van der Waals surface area contributed by atoms with E-state index in [1.54, 1.807) is 11.8 Å². The van der Waals surface area contributed by atoms with E-state index < -0.39 is 0 Å². The van der Waals surface area contributed by atoms with E-state index in [0.717, 1.165) is 17.7 Å². The number of carbonyl (C=O) groups is 1. The van der Waals surface area contributed by atoms with Gasteiger partial charge in [0.15, 0.2) is 0 Å². The second-order valence-electron chi connectivity index (χ2n) is 5.13. The van der Waals surface area contributed by atoms with Gasteiger partial charge in [-0.1, -0.05) is 12.1 Å². The molecule has 0 saturated heterocycles. The number of carbonyl (C=O) groups excluding carboxylic acids is 1. The van der Waals surface area contributed by atoms with Crippen molar-refractivity contribution >= 4 is 17.7 Å². The van der Waals surface area contributed by atoms with Crippen molar-refractivity contribution in [2.45, 2.75) is 48.9 Å². The second-order valence-corrected chi connectivity index (χ2v) is 6.54. The van der Waals surface area contributed by atoms with Gasteiger partial charge in [0.1, 0.15) is 0 Å². The maximum Gasteiger partial charge on any atom is 0.233 e. The Morgan fingerprint density at radius 3 is 2.74 bits per heavy atom. The van der Waals surface area contributed by atoms with E-state index in [4.69, 9.17) is 0 Å². The molecule has 1 saturated carbocycles. The average molecular weight is 278 g/mol. The van der Waals surface area contributed by atoms with Crippen molar-refractivity contribution in [1.82, 2.24) is 10.6 Å². The molecule has 1 fully saturated rings. The number of benzene rings is 1. The molecule has 2 unspecified atom stereocenters. The summed E-state index contributed by atoms with van der Waals surface area (Å²) in [5, 5.41) is 6.24. The van der Waals surface area contributed by atoms with Crippen molar-refractivity contribution in [3.8, 4) is 0 Å². The first-order valence-corrected chi connectivity index (χ1v) is 7.72. The number of nitrogens with one attached hydrogen (secondary N) is 2. The van der Waals surface area contributed by atoms with Crippen molar-refractivity contribution in [3.05, 3.63) is 29.8 Å². The molecule has 1 aliphatic rings. The van der Waals surface area contributed by atoms with Crippen LogP contribution in [0.3, 0.4) is 0 Å². The minimum absolute atomic E-state index is 0.0410. The predicted molar refractivity (Wildman–Crippen MR) is 80.4 cm³/mol. The Morgan fingerprint density at radius 2 is 2.11 bits per heavy atom. The van der Waals surface area contributed by atoms with Crippen molar-refractivity contribution in [2.75, 3.05) is 7.05 Å². The summed E-state index contributed by atoms with van der Waals surface area (Å²) < 4.78 is 0. The maximum absolute atomic E-state index is 11.9. The van der Waals surface area contributed by atoms with Crippen molar-refractivity contribution in [2.24, 2.45) is 0 Å². The van der Waals surface area contributed by atoms with Crippen molar-refractivity contribution < 1.29 is 4.79 Å². The molecule has 1 aromatic rings. The highest BCUT2D eigenvalue weighted by Crippen LogP contribution is 2.27. The summed E-state index contributed by atoms with van der Waals surface area (Å²) in [7, 11) is 1.95. The number of hydrogen-bond donors (Lipinski definition) is 2. The molecule has 2 N–H and O–H groups in total. The lowest BCUT2D eigenvalue weighted by molar-refractivity contribution is -0.120. The molecular formula is C15H22N2OS. The molecule has 3 nitrogen and oxygen atoms in total. The molecule has 0 spiro atoms. The normalized spacial score (nSPS) is 17.8. The monoisotopic (exact) mass is 278 g/mol. The van der Waals surface area contributed by atoms with Gasteiger partial charge in [-0.15, -0.1) is 11.8 Å². The molecule has 19 heavy (non-hydrogen) atoms. The number of thioether (sulfide) groups is 1. The van der Waals surface area contributed by atoms with Crippen LogP contribution in [0.15, 0.2) is 29.2 Å². The lowest BCUT2D eigenvalue weighted by Gasteiger charge is -2.14. The highest BCUT2D eigenvalue weighted by Gasteiger charge is 2.25. The van der Waals surface area contributed by atoms with Gasteiger partial charge < -0.3 is 10.6 Å². The van der Waals surface area contributed by atoms with Gasteiger partial charge in [0.05, 0.1) is 5.25 Å². The number of hydrogen-bond acceptors (Lipinski definition) is 3. The van der Waals surface area contributed by atoms with Crippen LogP contribution in [0.1, 0.15) is 38.3 Å². The molecule has 1 aliphatic carbocycles. The highest BCUT2D eigenvalue weighted by molar-refractivity contribution is 8.00. The van der Waals surface area contributed by atoms with Crippen LogP contribution >= 0.6 is 11.8 Å². The first-order valence-electron chi connectivity index (χ1n) is 6.84. The van der Waals surface area contributed by atoms with E-state index >= 15 is 0 Å². The van der Waals surface area contributed by atoms with Crippen LogP contribution in [0.2, 0.25) is 0 Å². The zero-order valence-electron chi connectivity index (χ0n) is 11.8. The van der Waals surface area contributed by atoms with Crippen molar-refractivity contribution in [1.29, 1.82) is 0 Å². The fraction of sp³-hybridized carbons (Fsp3) is 0.533. The van der Waals surface area contributed by atoms with Gasteiger partial charge >= 0.3 is 0 Å². The van der Waals surface area contributed by atoms with E-state index in [1.807, 2.05) is 14.0 Å². The van der Waals surface area contributed by atoms with E-state index in [9.17, 15) is 4.79 Å². The average Bonchev–Trinajstić information content (AvgIpc) is 3.22. The minimum atomic E-state index is -0.0410. The van der Waals surface area contributed by atoms with Crippen LogP contribution in [0, 0.1) is 0 Å². The van der Waals surface area contributed by atoms with E-state index in [-0.39, 0.29) is 11.2 Å². The minimum Gasteiger partial charge on any atom is -0.352 e. The summed E-state index contributed by atoms with van der Waals surface area (Å²) in [5.41, 5.74) is 1.25. The van der Waals surface area contributed by atoms with E-state index in [1.165, 1.54) is 5.56 Å². The first kappa shape index (κ1) is 14.4. The predicted octanol–water partition coefficient (Wildman–Crippen LogP) is 2.73. The molecular weight excluding hydrogens is 256 g/mol. The summed E-state index contributed by atoms with van der Waals surface area (Å²) in [6.07, 6.45) is 2.27. The van der Waals surface area contributed by atoms with E-state index in [2.05, 4.69) is 41.8 Å². The smallest absolute Gasteiger partial charge is 0.233 e. The molecule has 2 atom stereocenters. The Bertz CT molecular complexity index is 446. The van der Waals surface area contributed by atoms with Crippen LogP contribution < -0.4 is 10.6 Å². The Morgan fingerprint density at radius 1 is 1.37 bits per heavy atom. The molecule has 0 aliphatic heterocycles. The molecule has 4 heteroatoms. The fourth-order valence-corrected chi connectivity index (χ4v) is 2.77. The molecule has 1 amide bonds. The third-order valence-corrected chi connectivity index (χ3v) is 4.49. The largest absolute Gasteiger partial charge is 0.352 e. The second kappa shape index (κ2) is 6.44. The quantitative estimate of drug-likeness (QED) is 0.786. The topological polar surface area (TPSA) is 41.1 Å². The summed E-state index contributed by atoms with van der Waals surface area (Å²) in [5.74, 6) is 0.152. The van der Waals surface area contributed by atoms with Crippen molar-refractivity contribution in [3.63, 3.8) is 0 Å². The summed E-state index contributed by atoms with van der Waals surface area (Å²) in [6, 6.07) is 9.16. The SMILES string of the molecule is CNC(C)c1cccc(SC(C)C(=O)NC2CC2)c1. The van der Waals surface area contributed by atoms with Crippen LogP contribution in [-0.2, 0) is 4.79 Å². The van der Waals surface area contributed by atoms with Gasteiger partial charge in [0.25, 0.3) is 0 Å². The van der Waals surface area contributed by atoms with Gasteiger partial charge in [-0.3, -0.25) is 4.79 Å². The Kier molecular flexibility index (Phi) is 4.88. The molecule has 0 bridgehead atoms. The maximum atomic E-state index is 11.9. The zero-order chi connectivity index (χ0) is 13.8. The highest BCUT2D eigenvalue weighted by atomic mass is 32.2. The molecule has 2 rings (SSSR count). The van der Waals surface area contributed by atoms with Crippen LogP contribution in [0.4, 0.5) is 0 Å². The zero-order valence-corrected chi connectivity index (χ0v) is 12.6. The first-order chi connectivity index (χ1) is 9.10. The molecule has 104 valence electrons. The molecule has 0 radical (unpaired) electrons.